The highest BCUT2D eigenvalue weighted by Gasteiger charge is 2.40. The van der Waals surface area contributed by atoms with Crippen LogP contribution in [0.5, 0.6) is 0 Å². The number of esters is 1. The highest BCUT2D eigenvalue weighted by atomic mass is 16.6. The predicted octanol–water partition coefficient (Wildman–Crippen LogP) is 2.14. The van der Waals surface area contributed by atoms with E-state index in [1.54, 1.807) is 0 Å². The van der Waals surface area contributed by atoms with Crippen LogP contribution in [-0.2, 0) is 14.3 Å². The molecule has 1 N–H and O–H groups in total. The van der Waals surface area contributed by atoms with Crippen LogP contribution in [0.1, 0.15) is 39.5 Å². The number of carboxylic acids is 1. The van der Waals surface area contributed by atoms with Crippen molar-refractivity contribution in [1.82, 2.24) is 0 Å². The van der Waals surface area contributed by atoms with E-state index < -0.39 is 11.9 Å². The van der Waals surface area contributed by atoms with Gasteiger partial charge in [-0.15, -0.1) is 0 Å². The van der Waals surface area contributed by atoms with Crippen LogP contribution in [0.2, 0.25) is 0 Å². The molecule has 1 aliphatic carbocycles. The van der Waals surface area contributed by atoms with Gasteiger partial charge < -0.3 is 9.84 Å². The zero-order chi connectivity index (χ0) is 12.2. The molecule has 0 bridgehead atoms. The normalized spacial score (nSPS) is 19.2. The third kappa shape index (κ3) is 3.08. The quantitative estimate of drug-likeness (QED) is 0.589. The second-order valence-electron chi connectivity index (χ2n) is 4.52. The molecule has 0 atom stereocenters. The molecule has 0 heterocycles. The Morgan fingerprint density at radius 1 is 1.25 bits per heavy atom. The number of ether oxygens (including phenoxy) is 1. The van der Waals surface area contributed by atoms with Crippen molar-refractivity contribution in [2.45, 2.75) is 45.1 Å². The summed E-state index contributed by atoms with van der Waals surface area (Å²) in [5.41, 5.74) is -0.389. The van der Waals surface area contributed by atoms with Crippen LogP contribution in [-0.4, -0.2) is 22.6 Å². The number of hydrogen-bond acceptors (Lipinski definition) is 3. The molecule has 0 saturated heterocycles. The lowest BCUT2D eigenvalue weighted by Crippen LogP contribution is -2.37. The molecule has 4 nitrogen and oxygen atoms in total. The molecule has 0 aromatic rings. The van der Waals surface area contributed by atoms with Gasteiger partial charge in [0.15, 0.2) is 0 Å². The monoisotopic (exact) mass is 226 g/mol. The summed E-state index contributed by atoms with van der Waals surface area (Å²) in [6, 6.07) is 0. The average Bonchev–Trinajstić information content (AvgIpc) is 2.64. The second-order valence-corrected chi connectivity index (χ2v) is 4.52. The van der Waals surface area contributed by atoms with E-state index in [9.17, 15) is 9.59 Å². The first-order valence-electron chi connectivity index (χ1n) is 5.60. The van der Waals surface area contributed by atoms with Gasteiger partial charge in [0.25, 0.3) is 0 Å². The minimum atomic E-state index is -1.14. The molecule has 1 fully saturated rings. The van der Waals surface area contributed by atoms with Crippen molar-refractivity contribution in [3.05, 3.63) is 12.2 Å². The maximum Gasteiger partial charge on any atom is 0.331 e. The van der Waals surface area contributed by atoms with E-state index in [1.807, 2.05) is 13.8 Å². The van der Waals surface area contributed by atoms with Crippen molar-refractivity contribution >= 4 is 11.9 Å². The molecule has 1 rings (SSSR count). The van der Waals surface area contributed by atoms with Crippen molar-refractivity contribution in [3.63, 3.8) is 0 Å². The Hall–Kier alpha value is -1.32. The first-order valence-corrected chi connectivity index (χ1v) is 5.60. The Balaban J connectivity index is 2.63. The van der Waals surface area contributed by atoms with Crippen molar-refractivity contribution in [2.75, 3.05) is 0 Å². The van der Waals surface area contributed by atoms with Crippen LogP contribution in [0.15, 0.2) is 12.2 Å². The lowest BCUT2D eigenvalue weighted by molar-refractivity contribution is -0.158. The van der Waals surface area contributed by atoms with Crippen LogP contribution >= 0.6 is 0 Å². The van der Waals surface area contributed by atoms with Crippen LogP contribution in [0, 0.1) is 5.92 Å². The van der Waals surface area contributed by atoms with Gasteiger partial charge in [-0.05, 0) is 31.6 Å². The van der Waals surface area contributed by atoms with Gasteiger partial charge in [0, 0.05) is 12.2 Å². The predicted molar refractivity (Wildman–Crippen MR) is 58.9 cm³/mol. The molecule has 16 heavy (non-hydrogen) atoms. The zero-order valence-electron chi connectivity index (χ0n) is 9.73. The van der Waals surface area contributed by atoms with Gasteiger partial charge in [-0.2, -0.15) is 0 Å². The van der Waals surface area contributed by atoms with Gasteiger partial charge in [0.1, 0.15) is 5.60 Å². The van der Waals surface area contributed by atoms with Gasteiger partial charge in [-0.25, -0.2) is 9.59 Å². The SMILES string of the molecule is CC(C)C1(OC(=O)C=CC(=O)O)CCCC1. The topological polar surface area (TPSA) is 63.6 Å². The molecule has 1 saturated carbocycles. The largest absolute Gasteiger partial charge is 0.478 e. The van der Waals surface area contributed by atoms with Crippen LogP contribution in [0.4, 0.5) is 0 Å². The maximum absolute atomic E-state index is 11.4. The van der Waals surface area contributed by atoms with Crippen LogP contribution in [0.25, 0.3) is 0 Å². The minimum absolute atomic E-state index is 0.261. The minimum Gasteiger partial charge on any atom is -0.478 e. The van der Waals surface area contributed by atoms with E-state index in [0.29, 0.717) is 0 Å². The molecule has 0 aromatic carbocycles. The molecule has 0 radical (unpaired) electrons. The summed E-state index contributed by atoms with van der Waals surface area (Å²) in [5.74, 6) is -1.43. The summed E-state index contributed by atoms with van der Waals surface area (Å²) in [6.45, 7) is 4.05. The highest BCUT2D eigenvalue weighted by Crippen LogP contribution is 2.39. The molecule has 1 aliphatic rings. The molecule has 0 aromatic heterocycles. The number of carboxylic acid groups (broad SMARTS) is 1. The lowest BCUT2D eigenvalue weighted by Gasteiger charge is -2.32. The smallest absolute Gasteiger partial charge is 0.331 e. The third-order valence-corrected chi connectivity index (χ3v) is 3.17. The Kier molecular flexibility index (Phi) is 4.10. The van der Waals surface area contributed by atoms with Crippen molar-refractivity contribution in [1.29, 1.82) is 0 Å². The van der Waals surface area contributed by atoms with Gasteiger partial charge in [-0.1, -0.05) is 13.8 Å². The van der Waals surface area contributed by atoms with Crippen molar-refractivity contribution < 1.29 is 19.4 Å². The summed E-state index contributed by atoms with van der Waals surface area (Å²) < 4.78 is 5.42. The molecule has 0 unspecified atom stereocenters. The fourth-order valence-electron chi connectivity index (χ4n) is 2.14. The zero-order valence-corrected chi connectivity index (χ0v) is 9.73. The van der Waals surface area contributed by atoms with Gasteiger partial charge in [-0.3, -0.25) is 0 Å². The van der Waals surface area contributed by atoms with E-state index in [0.717, 1.165) is 37.8 Å². The van der Waals surface area contributed by atoms with Gasteiger partial charge >= 0.3 is 11.9 Å². The van der Waals surface area contributed by atoms with Crippen molar-refractivity contribution in [3.8, 4) is 0 Å². The summed E-state index contributed by atoms with van der Waals surface area (Å²) >= 11 is 0. The lowest BCUT2D eigenvalue weighted by atomic mass is 9.88. The molecule has 90 valence electrons. The summed E-state index contributed by atoms with van der Waals surface area (Å²) in [4.78, 5) is 21.7. The summed E-state index contributed by atoms with van der Waals surface area (Å²) in [6.07, 6.45) is 5.66. The third-order valence-electron chi connectivity index (χ3n) is 3.17. The number of carbonyl (C=O) groups excluding carboxylic acids is 1. The molecule has 4 heteroatoms. The Bertz CT molecular complexity index is 298. The van der Waals surface area contributed by atoms with Crippen LogP contribution < -0.4 is 0 Å². The second kappa shape index (κ2) is 5.14. The van der Waals surface area contributed by atoms with E-state index in [-0.39, 0.29) is 11.5 Å². The van der Waals surface area contributed by atoms with Crippen LogP contribution in [0.3, 0.4) is 0 Å². The average molecular weight is 226 g/mol. The fourth-order valence-corrected chi connectivity index (χ4v) is 2.14. The standard InChI is InChI=1S/C12H18O4/c1-9(2)12(7-3-4-8-12)16-11(15)6-5-10(13)14/h5-6,9H,3-4,7-8H2,1-2H3,(H,13,14). The highest BCUT2D eigenvalue weighted by molar-refractivity contribution is 5.90. The number of aliphatic carboxylic acids is 1. The number of rotatable bonds is 4. The molecule has 0 spiro atoms. The van der Waals surface area contributed by atoms with Gasteiger partial charge in [0.2, 0.25) is 0 Å². The maximum atomic E-state index is 11.4. The Morgan fingerprint density at radius 2 is 1.81 bits per heavy atom. The molecule has 0 amide bonds. The number of carbonyl (C=O) groups is 2. The van der Waals surface area contributed by atoms with Crippen molar-refractivity contribution in [2.24, 2.45) is 5.92 Å². The first kappa shape index (κ1) is 12.7. The summed E-state index contributed by atoms with van der Waals surface area (Å²) in [7, 11) is 0. The Morgan fingerprint density at radius 3 is 2.25 bits per heavy atom. The van der Waals surface area contributed by atoms with Gasteiger partial charge in [0.05, 0.1) is 0 Å². The number of hydrogen-bond donors (Lipinski definition) is 1. The van der Waals surface area contributed by atoms with E-state index >= 15 is 0 Å². The van der Waals surface area contributed by atoms with E-state index in [2.05, 4.69) is 0 Å². The summed E-state index contributed by atoms with van der Waals surface area (Å²) in [5, 5.41) is 8.40. The molecule has 0 aliphatic heterocycles. The molecular weight excluding hydrogens is 208 g/mol. The first-order chi connectivity index (χ1) is 7.46. The molecular formula is C12H18O4. The van der Waals surface area contributed by atoms with E-state index in [4.69, 9.17) is 9.84 Å². The fraction of sp³-hybridized carbons (Fsp3) is 0.667. The Labute approximate surface area is 95.3 Å². The van der Waals surface area contributed by atoms with E-state index in [1.165, 1.54) is 0 Å².